The Morgan fingerprint density at radius 3 is 1.09 bits per heavy atom. The van der Waals surface area contributed by atoms with Crippen molar-refractivity contribution < 1.29 is 18.8 Å². The van der Waals surface area contributed by atoms with Crippen LogP contribution in [0.5, 0.6) is 34.5 Å². The van der Waals surface area contributed by atoms with E-state index in [9.17, 15) is 0 Å². The third-order valence-corrected chi connectivity index (χ3v) is 21.8. The van der Waals surface area contributed by atoms with Crippen molar-refractivity contribution in [2.45, 2.75) is 296 Å². The van der Waals surface area contributed by atoms with Gasteiger partial charge in [0.1, 0.15) is 34.5 Å². The number of aryl methyl sites for hydroxylation is 3. The second-order valence-electron chi connectivity index (χ2n) is 29.2. The summed E-state index contributed by atoms with van der Waals surface area (Å²) in [6, 6.07) is 44.9. The number of nitrogens with zero attached hydrogens (tertiary/aromatic N) is 6. The fourth-order valence-corrected chi connectivity index (χ4v) is 16.2. The van der Waals surface area contributed by atoms with Gasteiger partial charge < -0.3 is 14.2 Å². The molecule has 6 aromatic carbocycles. The second kappa shape index (κ2) is 36.4. The maximum Gasteiger partial charge on any atom is 0.343 e. The minimum absolute atomic E-state index is 0.716. The number of amidine groups is 2. The number of unbranched alkanes of at least 4 members (excludes halogenated alkanes) is 36. The molecule has 0 N–H and O–H groups in total. The zero-order valence-corrected chi connectivity index (χ0v) is 60.9. The first-order valence-corrected chi connectivity index (χ1v) is 40.0. The van der Waals surface area contributed by atoms with Crippen LogP contribution in [0.3, 0.4) is 0 Å². The molecule has 1 unspecified atom stereocenters. The van der Waals surface area contributed by atoms with Gasteiger partial charge in [-0.2, -0.15) is 4.58 Å². The van der Waals surface area contributed by atoms with Gasteiger partial charge in [-0.1, -0.05) is 298 Å². The van der Waals surface area contributed by atoms with E-state index in [1.807, 2.05) is 0 Å². The summed E-state index contributed by atoms with van der Waals surface area (Å²) >= 11 is 8.58. The Morgan fingerprint density at radius 1 is 0.316 bits per heavy atom. The summed E-state index contributed by atoms with van der Waals surface area (Å²) in [5.41, 5.74) is 7.21. The zero-order valence-electron chi connectivity index (χ0n) is 60.1. The molecule has 4 aliphatic rings. The van der Waals surface area contributed by atoms with Crippen molar-refractivity contribution in [1.29, 1.82) is 0 Å². The number of fused-ring (bicyclic) bond motifs is 9. The molecule has 0 radical (unpaired) electrons. The quantitative estimate of drug-likeness (QED) is 0.0165. The Balaban J connectivity index is 0.764. The van der Waals surface area contributed by atoms with Crippen LogP contribution in [0.2, 0.25) is 0 Å². The number of benzene rings is 6. The van der Waals surface area contributed by atoms with Gasteiger partial charge in [0, 0.05) is 21.5 Å². The molecule has 0 amide bonds. The summed E-state index contributed by atoms with van der Waals surface area (Å²) in [5.74, 6) is 7.56. The maximum absolute atomic E-state index is 8.58. The number of alkyl halides is 1. The van der Waals surface area contributed by atoms with Gasteiger partial charge in [-0.15, -0.1) is 0 Å². The third-order valence-electron chi connectivity index (χ3n) is 21.3. The first-order valence-electron chi connectivity index (χ1n) is 39.6. The zero-order chi connectivity index (χ0) is 67.1. The van der Waals surface area contributed by atoms with Gasteiger partial charge in [-0.05, 0) is 158 Å². The Hall–Kier alpha value is -6.97. The highest BCUT2D eigenvalue weighted by atomic mass is 35.5. The molecule has 8 aromatic rings. The smallest absolute Gasteiger partial charge is 0.343 e. The van der Waals surface area contributed by atoms with Crippen molar-refractivity contribution in [3.8, 4) is 34.5 Å². The maximum atomic E-state index is 8.58. The predicted molar refractivity (Wildman–Crippen MR) is 410 cm³/mol. The molecule has 2 aromatic heterocycles. The lowest BCUT2D eigenvalue weighted by molar-refractivity contribution is -0.520. The van der Waals surface area contributed by atoms with Crippen LogP contribution in [-0.4, -0.2) is 25.4 Å². The van der Waals surface area contributed by atoms with Gasteiger partial charge in [0.2, 0.25) is 11.3 Å². The average Bonchev–Trinajstić information content (AvgIpc) is 1.48. The van der Waals surface area contributed by atoms with E-state index in [1.165, 1.54) is 267 Å². The minimum Gasteiger partial charge on any atom is -0.457 e. The van der Waals surface area contributed by atoms with Gasteiger partial charge in [-0.25, -0.2) is 14.1 Å². The molecule has 0 spiro atoms. The molecule has 4 aliphatic heterocycles. The number of hydrogen-bond donors (Lipinski definition) is 0. The van der Waals surface area contributed by atoms with Crippen LogP contribution in [0.4, 0.5) is 11.6 Å². The van der Waals surface area contributed by atoms with Crippen LogP contribution >= 0.6 is 11.6 Å². The number of halogens is 1. The monoisotopic (exact) mass is 1340 g/mol. The molecule has 520 valence electrons. The number of aliphatic imine (C=N–C) groups is 1. The standard InChI is InChI=1S/C88H114ClN6O3/c1-4-7-10-13-16-19-22-25-28-31-34-37-40-46-67-49-43-52-70(61-67)96-73-55-58-76-79(64-73)85-90-83-77-59-56-74(97-71-53-44-50-68(62-71)47-41-38-35-32-29-26-23-20-17-14-11-8-5-2)65-80(77)87-92-84-78-60-57-75(66-81(78)86-91-82(76)93(85)88(89,94(83)87)95(84)86)98-72-54-45-51-69(63-72)48-42-39-36-33-30-27-24-21-18-15-12-9-6-3/h43-45,49-66H,4-42,46-48H2,1-3H3/q+1. The fraction of sp³-hybridized carbons (Fsp3) is 0.523. The van der Waals surface area contributed by atoms with E-state index in [-0.39, 0.29) is 0 Å². The molecular weight excluding hydrogens is 1220 g/mol. The van der Waals surface area contributed by atoms with Gasteiger partial charge >= 0.3 is 5.25 Å². The molecule has 0 saturated carbocycles. The van der Waals surface area contributed by atoms with E-state index < -0.39 is 5.25 Å². The average molecular weight is 1340 g/mol. The van der Waals surface area contributed by atoms with E-state index in [0.29, 0.717) is 17.1 Å². The summed E-state index contributed by atoms with van der Waals surface area (Å²) in [4.78, 5) is 16.8. The van der Waals surface area contributed by atoms with Gasteiger partial charge in [-0.3, -0.25) is 0 Å². The minimum atomic E-state index is -1.38. The topological polar surface area (TPSA) is 77.6 Å². The van der Waals surface area contributed by atoms with E-state index in [1.54, 1.807) is 0 Å². The number of ether oxygens (including phenoxy) is 3. The number of hydrogen-bond acceptors (Lipinski definition) is 6. The van der Waals surface area contributed by atoms with Gasteiger partial charge in [0.25, 0.3) is 11.7 Å². The third kappa shape index (κ3) is 17.8. The van der Waals surface area contributed by atoms with E-state index in [0.717, 1.165) is 104 Å². The Kier molecular flexibility index (Phi) is 26.3. The summed E-state index contributed by atoms with van der Waals surface area (Å²) in [5, 5.41) is 2.32. The predicted octanol–water partition coefficient (Wildman–Crippen LogP) is 26.0. The summed E-state index contributed by atoms with van der Waals surface area (Å²) in [6.45, 7) is 6.89. The molecule has 0 fully saturated rings. The van der Waals surface area contributed by atoms with Crippen molar-refractivity contribution >= 4 is 56.5 Å². The van der Waals surface area contributed by atoms with Crippen molar-refractivity contribution in [2.24, 2.45) is 15.0 Å². The van der Waals surface area contributed by atoms with Crippen LogP contribution in [0.15, 0.2) is 142 Å². The molecule has 1 atom stereocenters. The molecule has 0 aliphatic carbocycles. The first kappa shape index (κ1) is 70.9. The SMILES string of the molecule is CCCCCCCCCCCCCCCc1cccc(Oc2ccc3c(c2)C2=Nc4c5ccc(Oc6cccc(CCCCCCCCCCCCCCC)c6)cc5c5n4C4(Cl)n6c(c7cc(Oc8cccc(CCCCCCCCCCCCCCC)c8)ccc7c6=N5)=NC3=[N+]24)c1. The molecule has 0 bridgehead atoms. The highest BCUT2D eigenvalue weighted by molar-refractivity contribution is 6.26. The fourth-order valence-electron chi connectivity index (χ4n) is 15.7. The Bertz CT molecular complexity index is 4100. The highest BCUT2D eigenvalue weighted by Gasteiger charge is 2.59. The summed E-state index contributed by atoms with van der Waals surface area (Å²) in [6.07, 6.45) is 55.9. The molecular formula is C88H114ClN6O3+. The van der Waals surface area contributed by atoms with Crippen molar-refractivity contribution in [3.05, 3.63) is 166 Å². The summed E-state index contributed by atoms with van der Waals surface area (Å²) < 4.78 is 26.7. The van der Waals surface area contributed by atoms with Crippen LogP contribution in [0.1, 0.15) is 299 Å². The summed E-state index contributed by atoms with van der Waals surface area (Å²) in [7, 11) is 0. The van der Waals surface area contributed by atoms with Gasteiger partial charge in [0.05, 0.1) is 11.1 Å². The van der Waals surface area contributed by atoms with Crippen molar-refractivity contribution in [2.75, 3.05) is 0 Å². The van der Waals surface area contributed by atoms with Gasteiger partial charge in [0.15, 0.2) is 11.3 Å². The molecule has 9 nitrogen and oxygen atoms in total. The largest absolute Gasteiger partial charge is 0.457 e. The first-order chi connectivity index (χ1) is 48.4. The Morgan fingerprint density at radius 2 is 0.663 bits per heavy atom. The van der Waals surface area contributed by atoms with Crippen molar-refractivity contribution in [3.63, 3.8) is 0 Å². The van der Waals surface area contributed by atoms with Crippen molar-refractivity contribution in [1.82, 2.24) is 9.13 Å². The highest BCUT2D eigenvalue weighted by Crippen LogP contribution is 2.52. The van der Waals surface area contributed by atoms with E-state index in [4.69, 9.17) is 40.8 Å². The van der Waals surface area contributed by atoms with Crippen LogP contribution < -0.4 is 25.2 Å². The van der Waals surface area contributed by atoms with E-state index >= 15 is 0 Å². The lowest BCUT2D eigenvalue weighted by atomic mass is 10.0. The molecule has 98 heavy (non-hydrogen) atoms. The number of aromatic nitrogens is 2. The molecule has 10 heteroatoms. The van der Waals surface area contributed by atoms with Crippen LogP contribution in [0, 0.1) is 0 Å². The lowest BCUT2D eigenvalue weighted by Crippen LogP contribution is -2.60. The lowest BCUT2D eigenvalue weighted by Gasteiger charge is -2.36. The second-order valence-corrected chi connectivity index (χ2v) is 29.7. The van der Waals surface area contributed by atoms with Crippen LogP contribution in [0.25, 0.3) is 21.5 Å². The van der Waals surface area contributed by atoms with Crippen LogP contribution in [-0.2, 0) is 24.5 Å². The molecule has 6 heterocycles. The number of rotatable bonds is 48. The normalized spacial score (nSPS) is 14.6. The molecule has 0 saturated heterocycles. The van der Waals surface area contributed by atoms with E-state index in [2.05, 4.69) is 162 Å². The molecule has 12 rings (SSSR count). The Labute approximate surface area is 592 Å².